The highest BCUT2D eigenvalue weighted by atomic mass is 35.5. The average molecular weight is 221 g/mol. The van der Waals surface area contributed by atoms with Crippen LogP contribution in [-0.4, -0.2) is 14.8 Å². The SMILES string of the molecule is Cc1nc(C=CC(=O)Cl)cn1C.Cl. The normalized spacial score (nSPS) is 10.1. The Hall–Kier alpha value is -0.800. The van der Waals surface area contributed by atoms with E-state index in [1.807, 2.05) is 24.7 Å². The minimum absolute atomic E-state index is 0. The first kappa shape index (κ1) is 12.2. The quantitative estimate of drug-likeness (QED) is 0.564. The van der Waals surface area contributed by atoms with Gasteiger partial charge in [0.1, 0.15) is 5.82 Å². The second-order valence-electron chi connectivity index (χ2n) is 2.46. The molecule has 3 nitrogen and oxygen atoms in total. The van der Waals surface area contributed by atoms with Crippen molar-refractivity contribution in [1.82, 2.24) is 9.55 Å². The molecule has 0 aliphatic carbocycles. The lowest BCUT2D eigenvalue weighted by Gasteiger charge is -1.87. The molecule has 0 fully saturated rings. The van der Waals surface area contributed by atoms with Gasteiger partial charge in [0.05, 0.1) is 5.69 Å². The molecule has 72 valence electrons. The number of carbonyl (C=O) groups is 1. The van der Waals surface area contributed by atoms with Gasteiger partial charge in [-0.2, -0.15) is 0 Å². The van der Waals surface area contributed by atoms with E-state index in [2.05, 4.69) is 4.98 Å². The summed E-state index contributed by atoms with van der Waals surface area (Å²) in [5.74, 6) is 0.900. The zero-order chi connectivity index (χ0) is 9.14. The second-order valence-corrected chi connectivity index (χ2v) is 2.83. The maximum Gasteiger partial charge on any atom is 0.245 e. The monoisotopic (exact) mass is 220 g/mol. The fourth-order valence-corrected chi connectivity index (χ4v) is 0.881. The summed E-state index contributed by atoms with van der Waals surface area (Å²) in [6.45, 7) is 1.89. The molecule has 0 aliphatic rings. The van der Waals surface area contributed by atoms with Crippen LogP contribution in [0.15, 0.2) is 12.3 Å². The lowest BCUT2D eigenvalue weighted by atomic mass is 10.4. The van der Waals surface area contributed by atoms with Gasteiger partial charge in [0, 0.05) is 13.2 Å². The van der Waals surface area contributed by atoms with E-state index in [4.69, 9.17) is 11.6 Å². The van der Waals surface area contributed by atoms with Crippen LogP contribution in [0.5, 0.6) is 0 Å². The molecule has 1 aromatic heterocycles. The van der Waals surface area contributed by atoms with Gasteiger partial charge in [-0.15, -0.1) is 12.4 Å². The zero-order valence-corrected chi connectivity index (χ0v) is 8.89. The van der Waals surface area contributed by atoms with Crippen molar-refractivity contribution in [2.24, 2.45) is 7.05 Å². The van der Waals surface area contributed by atoms with Crippen LogP contribution < -0.4 is 0 Å². The number of carbonyl (C=O) groups excluding carboxylic acids is 1. The van der Waals surface area contributed by atoms with E-state index in [0.717, 1.165) is 11.5 Å². The fraction of sp³-hybridized carbons (Fsp3) is 0.250. The molecule has 0 N–H and O–H groups in total. The van der Waals surface area contributed by atoms with Crippen LogP contribution in [0.2, 0.25) is 0 Å². The number of hydrogen-bond acceptors (Lipinski definition) is 2. The Labute approximate surface area is 87.8 Å². The largest absolute Gasteiger partial charge is 0.338 e. The summed E-state index contributed by atoms with van der Waals surface area (Å²) in [4.78, 5) is 14.5. The van der Waals surface area contributed by atoms with Gasteiger partial charge in [0.15, 0.2) is 0 Å². The average Bonchev–Trinajstić information content (AvgIpc) is 2.28. The molecule has 0 radical (unpaired) electrons. The Kier molecular flexibility index (Phi) is 4.73. The Morgan fingerprint density at radius 1 is 1.69 bits per heavy atom. The number of aryl methyl sites for hydroxylation is 2. The van der Waals surface area contributed by atoms with Gasteiger partial charge >= 0.3 is 0 Å². The van der Waals surface area contributed by atoms with Crippen molar-refractivity contribution in [2.75, 3.05) is 0 Å². The second kappa shape index (κ2) is 5.04. The summed E-state index contributed by atoms with van der Waals surface area (Å²) in [6, 6.07) is 0. The summed E-state index contributed by atoms with van der Waals surface area (Å²) in [5.41, 5.74) is 0.740. The molecule has 0 saturated carbocycles. The van der Waals surface area contributed by atoms with Gasteiger partial charge in [0.2, 0.25) is 5.24 Å². The Morgan fingerprint density at radius 2 is 2.31 bits per heavy atom. The summed E-state index contributed by atoms with van der Waals surface area (Å²) in [6.07, 6.45) is 4.69. The smallest absolute Gasteiger partial charge is 0.245 e. The maximum atomic E-state index is 10.4. The van der Waals surface area contributed by atoms with E-state index >= 15 is 0 Å². The molecule has 0 amide bonds. The Morgan fingerprint density at radius 3 is 2.69 bits per heavy atom. The van der Waals surface area contributed by atoms with Crippen LogP contribution in [0.1, 0.15) is 11.5 Å². The predicted octanol–water partition coefficient (Wildman–Crippen LogP) is 1.93. The first-order valence-corrected chi connectivity index (χ1v) is 3.85. The lowest BCUT2D eigenvalue weighted by Crippen LogP contribution is -1.86. The number of nitrogens with zero attached hydrogens (tertiary/aromatic N) is 2. The maximum absolute atomic E-state index is 10.4. The van der Waals surface area contributed by atoms with Crippen LogP contribution >= 0.6 is 24.0 Å². The van der Waals surface area contributed by atoms with E-state index < -0.39 is 5.24 Å². The molecule has 0 spiro atoms. The third-order valence-electron chi connectivity index (χ3n) is 1.51. The number of allylic oxidation sites excluding steroid dienone is 1. The van der Waals surface area contributed by atoms with Gasteiger partial charge in [-0.25, -0.2) is 4.98 Å². The number of rotatable bonds is 2. The molecular formula is C8H10Cl2N2O. The van der Waals surface area contributed by atoms with E-state index in [1.54, 1.807) is 6.08 Å². The third kappa shape index (κ3) is 3.61. The molecule has 0 bridgehead atoms. The van der Waals surface area contributed by atoms with E-state index in [9.17, 15) is 4.79 Å². The van der Waals surface area contributed by atoms with Crippen LogP contribution in [0.25, 0.3) is 6.08 Å². The molecular weight excluding hydrogens is 211 g/mol. The highest BCUT2D eigenvalue weighted by Crippen LogP contribution is 2.02. The molecule has 0 unspecified atom stereocenters. The summed E-state index contributed by atoms with van der Waals surface area (Å²) < 4.78 is 1.87. The fourth-order valence-electron chi connectivity index (χ4n) is 0.818. The molecule has 0 aliphatic heterocycles. The molecule has 1 heterocycles. The Bertz CT molecular complexity index is 311. The van der Waals surface area contributed by atoms with Gasteiger partial charge < -0.3 is 4.57 Å². The van der Waals surface area contributed by atoms with Crippen molar-refractivity contribution < 1.29 is 4.79 Å². The van der Waals surface area contributed by atoms with Crippen LogP contribution in [-0.2, 0) is 11.8 Å². The zero-order valence-electron chi connectivity index (χ0n) is 7.32. The summed E-state index contributed by atoms with van der Waals surface area (Å²) >= 11 is 5.11. The van der Waals surface area contributed by atoms with Crippen LogP contribution in [0, 0.1) is 6.92 Å². The van der Waals surface area contributed by atoms with Crippen molar-refractivity contribution in [3.8, 4) is 0 Å². The first-order chi connectivity index (χ1) is 5.59. The molecule has 0 aromatic carbocycles. The van der Waals surface area contributed by atoms with Crippen LogP contribution in [0.3, 0.4) is 0 Å². The van der Waals surface area contributed by atoms with Crippen molar-refractivity contribution in [1.29, 1.82) is 0 Å². The lowest BCUT2D eigenvalue weighted by molar-refractivity contribution is -0.107. The van der Waals surface area contributed by atoms with E-state index in [1.165, 1.54) is 6.08 Å². The van der Waals surface area contributed by atoms with Crippen molar-refractivity contribution >= 4 is 35.3 Å². The predicted molar refractivity (Wildman–Crippen MR) is 55.1 cm³/mol. The van der Waals surface area contributed by atoms with Gasteiger partial charge in [-0.1, -0.05) is 0 Å². The van der Waals surface area contributed by atoms with Crippen LogP contribution in [0.4, 0.5) is 0 Å². The van der Waals surface area contributed by atoms with E-state index in [0.29, 0.717) is 0 Å². The minimum atomic E-state index is -0.488. The van der Waals surface area contributed by atoms with Gasteiger partial charge in [0.25, 0.3) is 0 Å². The highest BCUT2D eigenvalue weighted by Gasteiger charge is 1.96. The Balaban J connectivity index is 0.00000144. The molecule has 0 atom stereocenters. The van der Waals surface area contributed by atoms with Crippen molar-refractivity contribution in [2.45, 2.75) is 6.92 Å². The van der Waals surface area contributed by atoms with E-state index in [-0.39, 0.29) is 12.4 Å². The summed E-state index contributed by atoms with van der Waals surface area (Å²) in [5, 5.41) is -0.488. The van der Waals surface area contributed by atoms with Gasteiger partial charge in [-0.05, 0) is 30.7 Å². The molecule has 1 aromatic rings. The standard InChI is InChI=1S/C8H9ClN2O.ClH/c1-6-10-7(5-11(6)2)3-4-8(9)12;/h3-5H,1-2H3;1H. The minimum Gasteiger partial charge on any atom is -0.338 e. The van der Waals surface area contributed by atoms with Crippen molar-refractivity contribution in [3.63, 3.8) is 0 Å². The van der Waals surface area contributed by atoms with Gasteiger partial charge in [-0.3, -0.25) is 4.79 Å². The molecule has 13 heavy (non-hydrogen) atoms. The molecule has 5 heteroatoms. The topological polar surface area (TPSA) is 34.9 Å². The number of hydrogen-bond donors (Lipinski definition) is 0. The first-order valence-electron chi connectivity index (χ1n) is 3.47. The highest BCUT2D eigenvalue weighted by molar-refractivity contribution is 6.66. The third-order valence-corrected chi connectivity index (χ3v) is 1.64. The van der Waals surface area contributed by atoms with Crippen molar-refractivity contribution in [3.05, 3.63) is 23.8 Å². The number of imidazole rings is 1. The summed E-state index contributed by atoms with van der Waals surface area (Å²) in [7, 11) is 1.89. The molecule has 1 rings (SSSR count). The number of aromatic nitrogens is 2. The molecule has 0 saturated heterocycles. The number of halogens is 2.